The molecule has 8 heteroatoms. The predicted octanol–water partition coefficient (Wildman–Crippen LogP) is 2.55. The molecular formula is C15H18ClN3O3S. The highest BCUT2D eigenvalue weighted by Gasteiger charge is 2.36. The SMILES string of the molecule is CN=C1S[C@@H](CC(=O)Nc2cc(C)c(Cl)cc2OC)C(=O)N1C. The lowest BCUT2D eigenvalue weighted by Crippen LogP contribution is -2.30. The highest BCUT2D eigenvalue weighted by Crippen LogP contribution is 2.32. The number of hydrogen-bond acceptors (Lipinski definition) is 5. The number of thioether (sulfide) groups is 1. The number of ether oxygens (including phenoxy) is 1. The minimum Gasteiger partial charge on any atom is -0.495 e. The molecule has 0 spiro atoms. The molecular weight excluding hydrogens is 338 g/mol. The summed E-state index contributed by atoms with van der Waals surface area (Å²) in [5.74, 6) is 0.0962. The van der Waals surface area contributed by atoms with Crippen molar-refractivity contribution in [3.05, 3.63) is 22.7 Å². The van der Waals surface area contributed by atoms with Crippen molar-refractivity contribution in [2.45, 2.75) is 18.6 Å². The molecule has 23 heavy (non-hydrogen) atoms. The maximum atomic E-state index is 12.3. The molecule has 0 bridgehead atoms. The first kappa shape index (κ1) is 17.6. The van der Waals surface area contributed by atoms with Gasteiger partial charge < -0.3 is 10.1 Å². The van der Waals surface area contributed by atoms with Gasteiger partial charge in [0.05, 0.1) is 12.8 Å². The fourth-order valence-corrected chi connectivity index (χ4v) is 3.45. The van der Waals surface area contributed by atoms with E-state index in [1.54, 1.807) is 26.2 Å². The van der Waals surface area contributed by atoms with Crippen molar-refractivity contribution in [3.8, 4) is 5.75 Å². The van der Waals surface area contributed by atoms with Crippen LogP contribution < -0.4 is 10.1 Å². The first-order valence-electron chi connectivity index (χ1n) is 6.92. The Bertz CT molecular complexity index is 678. The summed E-state index contributed by atoms with van der Waals surface area (Å²) in [6, 6.07) is 3.39. The monoisotopic (exact) mass is 355 g/mol. The average Bonchev–Trinajstić information content (AvgIpc) is 2.78. The molecule has 1 N–H and O–H groups in total. The van der Waals surface area contributed by atoms with Gasteiger partial charge in [-0.2, -0.15) is 0 Å². The molecule has 1 saturated heterocycles. The third kappa shape index (κ3) is 3.79. The lowest BCUT2D eigenvalue weighted by Gasteiger charge is -2.13. The van der Waals surface area contributed by atoms with Crippen LogP contribution in [0.5, 0.6) is 5.75 Å². The van der Waals surface area contributed by atoms with Crippen LogP contribution in [0.2, 0.25) is 5.02 Å². The number of amides is 2. The van der Waals surface area contributed by atoms with Gasteiger partial charge in [0, 0.05) is 31.6 Å². The molecule has 2 amide bonds. The third-order valence-electron chi connectivity index (χ3n) is 3.46. The standard InChI is InChI=1S/C15H18ClN3O3S/c1-8-5-10(11(22-4)6-9(8)16)18-13(20)7-12-14(21)19(3)15(17-2)23-12/h5-6,12H,7H2,1-4H3,(H,18,20)/t12-/m0/s1. The van der Waals surface area contributed by atoms with E-state index >= 15 is 0 Å². The number of amidine groups is 1. The molecule has 0 unspecified atom stereocenters. The normalized spacial score (nSPS) is 19.3. The maximum absolute atomic E-state index is 12.3. The second-order valence-electron chi connectivity index (χ2n) is 5.06. The summed E-state index contributed by atoms with van der Waals surface area (Å²) in [7, 11) is 4.78. The minimum atomic E-state index is -0.460. The van der Waals surface area contributed by atoms with Gasteiger partial charge in [-0.3, -0.25) is 19.5 Å². The van der Waals surface area contributed by atoms with Crippen LogP contribution in [0.25, 0.3) is 0 Å². The highest BCUT2D eigenvalue weighted by atomic mass is 35.5. The van der Waals surface area contributed by atoms with E-state index in [2.05, 4.69) is 10.3 Å². The van der Waals surface area contributed by atoms with E-state index in [0.717, 1.165) is 5.56 Å². The molecule has 1 aliphatic heterocycles. The summed E-state index contributed by atoms with van der Waals surface area (Å²) in [5, 5.41) is 3.50. The van der Waals surface area contributed by atoms with E-state index in [-0.39, 0.29) is 18.2 Å². The third-order valence-corrected chi connectivity index (χ3v) is 5.18. The van der Waals surface area contributed by atoms with Gasteiger partial charge in [0.15, 0.2) is 5.17 Å². The van der Waals surface area contributed by atoms with E-state index in [1.807, 2.05) is 6.92 Å². The second kappa shape index (κ2) is 7.23. The van der Waals surface area contributed by atoms with Crippen LogP contribution >= 0.6 is 23.4 Å². The van der Waals surface area contributed by atoms with Crippen molar-refractivity contribution in [2.24, 2.45) is 4.99 Å². The number of hydrogen-bond donors (Lipinski definition) is 1. The zero-order chi connectivity index (χ0) is 17.1. The Labute approximate surface area is 144 Å². The Morgan fingerprint density at radius 2 is 2.22 bits per heavy atom. The summed E-state index contributed by atoms with van der Waals surface area (Å²) in [4.78, 5) is 29.8. The predicted molar refractivity (Wildman–Crippen MR) is 93.5 cm³/mol. The van der Waals surface area contributed by atoms with Crippen LogP contribution in [0.15, 0.2) is 17.1 Å². The molecule has 124 valence electrons. The van der Waals surface area contributed by atoms with Crippen LogP contribution in [0.1, 0.15) is 12.0 Å². The van der Waals surface area contributed by atoms with Gasteiger partial charge in [-0.05, 0) is 18.6 Å². The summed E-state index contributed by atoms with van der Waals surface area (Å²) < 4.78 is 5.23. The first-order valence-corrected chi connectivity index (χ1v) is 8.18. The van der Waals surface area contributed by atoms with Gasteiger partial charge in [0.25, 0.3) is 0 Å². The molecule has 1 heterocycles. The first-order chi connectivity index (χ1) is 10.9. The number of carbonyl (C=O) groups is 2. The number of benzene rings is 1. The number of methoxy groups -OCH3 is 1. The molecule has 0 radical (unpaired) electrons. The van der Waals surface area contributed by atoms with Gasteiger partial charge in [0.1, 0.15) is 11.0 Å². The van der Waals surface area contributed by atoms with Crippen LogP contribution in [0, 0.1) is 6.92 Å². The van der Waals surface area contributed by atoms with Crippen LogP contribution in [0.3, 0.4) is 0 Å². The van der Waals surface area contributed by atoms with E-state index in [9.17, 15) is 9.59 Å². The van der Waals surface area contributed by atoms with Crippen molar-refractivity contribution in [1.29, 1.82) is 0 Å². The Morgan fingerprint density at radius 3 is 2.78 bits per heavy atom. The van der Waals surface area contributed by atoms with Gasteiger partial charge >= 0.3 is 0 Å². The smallest absolute Gasteiger partial charge is 0.242 e. The van der Waals surface area contributed by atoms with Crippen LogP contribution in [0.4, 0.5) is 5.69 Å². The summed E-state index contributed by atoms with van der Waals surface area (Å²) in [6.45, 7) is 1.84. The fourth-order valence-electron chi connectivity index (χ4n) is 2.20. The van der Waals surface area contributed by atoms with E-state index in [1.165, 1.54) is 23.8 Å². The molecule has 0 aromatic heterocycles. The van der Waals surface area contributed by atoms with Crippen molar-refractivity contribution in [3.63, 3.8) is 0 Å². The van der Waals surface area contributed by atoms with Gasteiger partial charge in [0.2, 0.25) is 11.8 Å². The topological polar surface area (TPSA) is 71.0 Å². The lowest BCUT2D eigenvalue weighted by molar-refractivity contribution is -0.127. The molecule has 0 aliphatic carbocycles. The summed E-state index contributed by atoms with van der Waals surface area (Å²) >= 11 is 7.34. The fraction of sp³-hybridized carbons (Fsp3) is 0.400. The molecule has 1 aromatic carbocycles. The maximum Gasteiger partial charge on any atom is 0.242 e. The Kier molecular flexibility index (Phi) is 5.54. The van der Waals surface area contributed by atoms with Gasteiger partial charge in [-0.15, -0.1) is 0 Å². The number of nitrogens with one attached hydrogen (secondary N) is 1. The van der Waals surface area contributed by atoms with Crippen LogP contribution in [-0.2, 0) is 9.59 Å². The quantitative estimate of drug-likeness (QED) is 0.901. The number of nitrogens with zero attached hydrogens (tertiary/aromatic N) is 2. The second-order valence-corrected chi connectivity index (χ2v) is 6.64. The molecule has 1 atom stereocenters. The largest absolute Gasteiger partial charge is 0.495 e. The van der Waals surface area contributed by atoms with Gasteiger partial charge in [-0.25, -0.2) is 0 Å². The number of rotatable bonds is 4. The zero-order valence-corrected chi connectivity index (χ0v) is 14.9. The number of carbonyl (C=O) groups excluding carboxylic acids is 2. The number of aliphatic imine (C=N–C) groups is 1. The van der Waals surface area contributed by atoms with Gasteiger partial charge in [-0.1, -0.05) is 23.4 Å². The van der Waals surface area contributed by atoms with Crippen molar-refractivity contribution < 1.29 is 14.3 Å². The minimum absolute atomic E-state index is 0.0672. The molecule has 1 aromatic rings. The van der Waals surface area contributed by atoms with Crippen molar-refractivity contribution >= 4 is 46.0 Å². The van der Waals surface area contributed by atoms with E-state index < -0.39 is 5.25 Å². The highest BCUT2D eigenvalue weighted by molar-refractivity contribution is 8.15. The Morgan fingerprint density at radius 1 is 1.52 bits per heavy atom. The van der Waals surface area contributed by atoms with E-state index in [4.69, 9.17) is 16.3 Å². The van der Waals surface area contributed by atoms with E-state index in [0.29, 0.717) is 21.6 Å². The van der Waals surface area contributed by atoms with Crippen LogP contribution in [-0.4, -0.2) is 48.3 Å². The zero-order valence-electron chi connectivity index (χ0n) is 13.3. The summed E-state index contributed by atoms with van der Waals surface area (Å²) in [5.41, 5.74) is 1.36. The Balaban J connectivity index is 2.09. The van der Waals surface area contributed by atoms with Crippen molar-refractivity contribution in [1.82, 2.24) is 4.90 Å². The Hall–Kier alpha value is -1.73. The molecule has 6 nitrogen and oxygen atoms in total. The summed E-state index contributed by atoms with van der Waals surface area (Å²) in [6.07, 6.45) is 0.0672. The number of aryl methyl sites for hydroxylation is 1. The number of anilines is 1. The average molecular weight is 356 g/mol. The molecule has 2 rings (SSSR count). The molecule has 1 fully saturated rings. The number of halogens is 1. The lowest BCUT2D eigenvalue weighted by atomic mass is 10.2. The molecule has 0 saturated carbocycles. The molecule has 1 aliphatic rings. The van der Waals surface area contributed by atoms with Crippen molar-refractivity contribution in [2.75, 3.05) is 26.5 Å².